The van der Waals surface area contributed by atoms with E-state index in [1.54, 1.807) is 31.0 Å². The molecule has 0 aromatic carbocycles. The van der Waals surface area contributed by atoms with E-state index >= 15 is 0 Å². The number of carbonyl (C=O) groups is 1. The summed E-state index contributed by atoms with van der Waals surface area (Å²) in [5, 5.41) is 18.8. The van der Waals surface area contributed by atoms with Crippen molar-refractivity contribution in [2.24, 2.45) is 0 Å². The summed E-state index contributed by atoms with van der Waals surface area (Å²) in [5.41, 5.74) is 0.855. The Morgan fingerprint density at radius 2 is 1.95 bits per heavy atom. The fourth-order valence-electron chi connectivity index (χ4n) is 1.95. The molecular formula is C17H27NO3. The third-order valence-electron chi connectivity index (χ3n) is 3.11. The van der Waals surface area contributed by atoms with Crippen LogP contribution < -0.4 is 0 Å². The highest BCUT2D eigenvalue weighted by atomic mass is 16.4. The molecule has 118 valence electrons. The molecule has 0 aromatic rings. The molecule has 2 unspecified atom stereocenters. The minimum Gasteiger partial charge on any atom is -0.480 e. The number of likely N-dealkylation sites (N-methyl/N-ethyl adjacent to an activating group) is 1. The number of hydrogen-bond acceptors (Lipinski definition) is 3. The van der Waals surface area contributed by atoms with Crippen LogP contribution in [0.25, 0.3) is 0 Å². The van der Waals surface area contributed by atoms with E-state index in [4.69, 9.17) is 0 Å². The van der Waals surface area contributed by atoms with Crippen LogP contribution in [0.4, 0.5) is 0 Å². The van der Waals surface area contributed by atoms with E-state index in [1.807, 2.05) is 12.2 Å². The Bertz CT molecular complexity index is 397. The second-order valence-corrected chi connectivity index (χ2v) is 4.98. The van der Waals surface area contributed by atoms with E-state index in [1.165, 1.54) is 0 Å². The Labute approximate surface area is 127 Å². The van der Waals surface area contributed by atoms with Crippen molar-refractivity contribution >= 4 is 5.97 Å². The molecule has 0 bridgehead atoms. The molecule has 0 aliphatic rings. The van der Waals surface area contributed by atoms with Gasteiger partial charge in [0.15, 0.2) is 0 Å². The SMILES string of the molecule is C=C/C=C(\C/C=C\CCC=C)N(C)C(CC(C)O)C(=O)O. The number of rotatable bonds is 11. The molecule has 0 aliphatic carbocycles. The first-order valence-corrected chi connectivity index (χ1v) is 7.15. The second kappa shape index (κ2) is 10.9. The van der Waals surface area contributed by atoms with Crippen molar-refractivity contribution < 1.29 is 15.0 Å². The van der Waals surface area contributed by atoms with Crippen LogP contribution in [0.3, 0.4) is 0 Å². The lowest BCUT2D eigenvalue weighted by Crippen LogP contribution is -2.40. The summed E-state index contributed by atoms with van der Waals surface area (Å²) in [7, 11) is 1.73. The normalized spacial score (nSPS) is 14.7. The number of unbranched alkanes of at least 4 members (excludes halogenated alkanes) is 1. The Morgan fingerprint density at radius 1 is 1.29 bits per heavy atom. The Balaban J connectivity index is 4.86. The van der Waals surface area contributed by atoms with Crippen molar-refractivity contribution in [3.8, 4) is 0 Å². The van der Waals surface area contributed by atoms with Gasteiger partial charge in [-0.25, -0.2) is 4.79 Å². The van der Waals surface area contributed by atoms with E-state index in [0.29, 0.717) is 6.42 Å². The summed E-state index contributed by atoms with van der Waals surface area (Å²) in [6, 6.07) is -0.752. The Morgan fingerprint density at radius 3 is 2.43 bits per heavy atom. The molecule has 0 saturated carbocycles. The highest BCUT2D eigenvalue weighted by Gasteiger charge is 2.25. The highest BCUT2D eigenvalue weighted by molar-refractivity contribution is 5.73. The van der Waals surface area contributed by atoms with Crippen molar-refractivity contribution in [2.45, 2.75) is 44.8 Å². The first-order chi connectivity index (χ1) is 9.93. The maximum absolute atomic E-state index is 11.4. The lowest BCUT2D eigenvalue weighted by molar-refractivity contribution is -0.143. The monoisotopic (exact) mass is 293 g/mol. The number of carboxylic acids is 1. The lowest BCUT2D eigenvalue weighted by Gasteiger charge is -2.29. The van der Waals surface area contributed by atoms with Crippen molar-refractivity contribution in [1.29, 1.82) is 0 Å². The summed E-state index contributed by atoms with van der Waals surface area (Å²) < 4.78 is 0. The first kappa shape index (κ1) is 19.2. The molecule has 0 aliphatic heterocycles. The van der Waals surface area contributed by atoms with Gasteiger partial charge in [0.2, 0.25) is 0 Å². The molecule has 21 heavy (non-hydrogen) atoms. The summed E-state index contributed by atoms with van der Waals surface area (Å²) in [6.45, 7) is 8.93. The van der Waals surface area contributed by atoms with E-state index in [0.717, 1.165) is 18.5 Å². The van der Waals surface area contributed by atoms with Crippen LogP contribution in [0.5, 0.6) is 0 Å². The minimum absolute atomic E-state index is 0.181. The number of aliphatic hydroxyl groups excluding tert-OH is 1. The highest BCUT2D eigenvalue weighted by Crippen LogP contribution is 2.16. The summed E-state index contributed by atoms with van der Waals surface area (Å²) >= 11 is 0. The number of aliphatic hydroxyl groups is 1. The molecule has 0 heterocycles. The minimum atomic E-state index is -0.941. The fourth-order valence-corrected chi connectivity index (χ4v) is 1.95. The molecule has 0 saturated heterocycles. The van der Waals surface area contributed by atoms with Gasteiger partial charge >= 0.3 is 5.97 Å². The van der Waals surface area contributed by atoms with Gasteiger partial charge in [0, 0.05) is 25.6 Å². The van der Waals surface area contributed by atoms with Crippen LogP contribution in [-0.2, 0) is 4.79 Å². The zero-order valence-electron chi connectivity index (χ0n) is 13.0. The third kappa shape index (κ3) is 8.15. The molecule has 0 aromatic heterocycles. The average Bonchev–Trinajstić information content (AvgIpc) is 2.42. The standard InChI is InChI=1S/C17H27NO3/c1-5-7-8-9-10-12-15(11-6-2)18(4)16(17(20)21)13-14(3)19/h5-6,9-11,14,16,19H,1-2,7-8,12-13H2,3-4H3,(H,20,21)/b10-9-,15-11+. The topological polar surface area (TPSA) is 60.8 Å². The van der Waals surface area contributed by atoms with Crippen LogP contribution in [0.1, 0.15) is 32.6 Å². The molecule has 2 atom stereocenters. The molecule has 2 N–H and O–H groups in total. The van der Waals surface area contributed by atoms with E-state index in [2.05, 4.69) is 19.2 Å². The largest absolute Gasteiger partial charge is 0.480 e. The lowest BCUT2D eigenvalue weighted by atomic mass is 10.1. The molecule has 0 radical (unpaired) electrons. The van der Waals surface area contributed by atoms with Gasteiger partial charge in [-0.15, -0.1) is 6.58 Å². The van der Waals surface area contributed by atoms with Gasteiger partial charge in [0.05, 0.1) is 6.10 Å². The fraction of sp³-hybridized carbons (Fsp3) is 0.471. The molecule has 0 rings (SSSR count). The quantitative estimate of drug-likeness (QED) is 0.349. The Hall–Kier alpha value is -1.81. The van der Waals surface area contributed by atoms with Crippen molar-refractivity contribution in [3.63, 3.8) is 0 Å². The number of aliphatic carboxylic acids is 1. The number of carboxylic acid groups (broad SMARTS) is 1. The van der Waals surface area contributed by atoms with Gasteiger partial charge in [-0.05, 0) is 25.8 Å². The number of nitrogens with zero attached hydrogens (tertiary/aromatic N) is 1. The summed E-state index contributed by atoms with van der Waals surface area (Å²) in [6.07, 6.45) is 11.4. The van der Waals surface area contributed by atoms with E-state index < -0.39 is 18.1 Å². The van der Waals surface area contributed by atoms with Gasteiger partial charge in [-0.1, -0.05) is 30.9 Å². The second-order valence-electron chi connectivity index (χ2n) is 4.98. The van der Waals surface area contributed by atoms with E-state index in [9.17, 15) is 15.0 Å². The summed E-state index contributed by atoms with van der Waals surface area (Å²) in [5.74, 6) is -0.941. The molecule has 0 amide bonds. The smallest absolute Gasteiger partial charge is 0.326 e. The van der Waals surface area contributed by atoms with Crippen molar-refractivity contribution in [2.75, 3.05) is 7.05 Å². The van der Waals surface area contributed by atoms with Crippen LogP contribution in [0.15, 0.2) is 49.2 Å². The van der Waals surface area contributed by atoms with Crippen LogP contribution in [0, 0.1) is 0 Å². The molecule has 0 fully saturated rings. The summed E-state index contributed by atoms with van der Waals surface area (Å²) in [4.78, 5) is 13.1. The molecular weight excluding hydrogens is 266 g/mol. The van der Waals surface area contributed by atoms with Gasteiger partial charge < -0.3 is 15.1 Å². The van der Waals surface area contributed by atoms with Gasteiger partial charge in [0.1, 0.15) is 6.04 Å². The zero-order valence-corrected chi connectivity index (χ0v) is 13.0. The van der Waals surface area contributed by atoms with Crippen molar-refractivity contribution in [1.82, 2.24) is 4.90 Å². The molecule has 4 nitrogen and oxygen atoms in total. The predicted molar refractivity (Wildman–Crippen MR) is 87.0 cm³/mol. The first-order valence-electron chi connectivity index (χ1n) is 7.15. The van der Waals surface area contributed by atoms with Crippen LogP contribution in [0.2, 0.25) is 0 Å². The zero-order chi connectivity index (χ0) is 16.3. The van der Waals surface area contributed by atoms with Gasteiger partial charge in [-0.3, -0.25) is 0 Å². The van der Waals surface area contributed by atoms with Crippen molar-refractivity contribution in [3.05, 3.63) is 49.2 Å². The van der Waals surface area contributed by atoms with Crippen LogP contribution >= 0.6 is 0 Å². The predicted octanol–water partition coefficient (Wildman–Crippen LogP) is 3.12. The maximum atomic E-state index is 11.4. The maximum Gasteiger partial charge on any atom is 0.326 e. The van der Waals surface area contributed by atoms with E-state index in [-0.39, 0.29) is 6.42 Å². The third-order valence-corrected chi connectivity index (χ3v) is 3.11. The molecule has 0 spiro atoms. The Kier molecular flexibility index (Phi) is 9.98. The number of allylic oxidation sites excluding steroid dienone is 5. The van der Waals surface area contributed by atoms with Crippen LogP contribution in [-0.4, -0.2) is 40.3 Å². The van der Waals surface area contributed by atoms with Gasteiger partial charge in [-0.2, -0.15) is 0 Å². The average molecular weight is 293 g/mol. The van der Waals surface area contributed by atoms with Gasteiger partial charge in [0.25, 0.3) is 0 Å². The molecule has 4 heteroatoms. The number of hydrogen-bond donors (Lipinski definition) is 2.